The lowest BCUT2D eigenvalue weighted by molar-refractivity contribution is 0.0961. The number of ether oxygens (including phenoxy) is 3. The van der Waals surface area contributed by atoms with Crippen molar-refractivity contribution in [1.82, 2.24) is 0 Å². The molecule has 1 aliphatic heterocycles. The Morgan fingerprint density at radius 2 is 1.86 bits per heavy atom. The molecule has 74 valence electrons. The molecule has 1 aliphatic rings. The third kappa shape index (κ3) is 1.19. The molecule has 0 fully saturated rings. The van der Waals surface area contributed by atoms with Crippen LogP contribution in [-0.2, 0) is 0 Å². The second-order valence-corrected chi connectivity index (χ2v) is 2.92. The third-order valence-corrected chi connectivity index (χ3v) is 2.14. The summed E-state index contributed by atoms with van der Waals surface area (Å²) >= 11 is 0. The normalized spacial score (nSPS) is 13.4. The molecule has 14 heavy (non-hydrogen) atoms. The fourth-order valence-corrected chi connectivity index (χ4v) is 1.42. The summed E-state index contributed by atoms with van der Waals surface area (Å²) in [6.45, 7) is 0.103. The maximum Gasteiger partial charge on any atom is 0.204 e. The van der Waals surface area contributed by atoms with Gasteiger partial charge in [-0.2, -0.15) is 0 Å². The van der Waals surface area contributed by atoms with Gasteiger partial charge >= 0.3 is 0 Å². The molecule has 1 aromatic carbocycles. The van der Waals surface area contributed by atoms with E-state index >= 15 is 0 Å². The Kier molecular flexibility index (Phi) is 2.04. The molecular formula is C10H10O4. The van der Waals surface area contributed by atoms with Crippen LogP contribution in [0.5, 0.6) is 17.2 Å². The second kappa shape index (κ2) is 3.21. The van der Waals surface area contributed by atoms with Gasteiger partial charge in [0.15, 0.2) is 18.1 Å². The number of carbonyl (C=O) groups excluding carboxylic acids is 1. The first kappa shape index (κ1) is 8.87. The van der Waals surface area contributed by atoms with E-state index in [0.29, 0.717) is 22.8 Å². The number of fused-ring (bicyclic) bond motifs is 1. The molecule has 0 aromatic heterocycles. The minimum absolute atomic E-state index is 0.0269. The van der Waals surface area contributed by atoms with Gasteiger partial charge in [0, 0.05) is 6.07 Å². The van der Waals surface area contributed by atoms with Crippen LogP contribution in [0, 0.1) is 0 Å². The molecule has 0 aliphatic carbocycles. The highest BCUT2D eigenvalue weighted by molar-refractivity contribution is 6.02. The molecular weight excluding hydrogens is 184 g/mol. The molecule has 0 saturated heterocycles. The van der Waals surface area contributed by atoms with Crippen molar-refractivity contribution in [3.63, 3.8) is 0 Å². The zero-order valence-corrected chi connectivity index (χ0v) is 7.99. The van der Waals surface area contributed by atoms with E-state index in [4.69, 9.17) is 14.2 Å². The van der Waals surface area contributed by atoms with Gasteiger partial charge in [-0.1, -0.05) is 0 Å². The summed E-state index contributed by atoms with van der Waals surface area (Å²) in [7, 11) is 3.07. The second-order valence-electron chi connectivity index (χ2n) is 2.92. The van der Waals surface area contributed by atoms with Crippen molar-refractivity contribution >= 4 is 5.78 Å². The van der Waals surface area contributed by atoms with Gasteiger partial charge in [0.25, 0.3) is 0 Å². The maximum absolute atomic E-state index is 11.3. The van der Waals surface area contributed by atoms with E-state index in [1.165, 1.54) is 7.11 Å². The van der Waals surface area contributed by atoms with Gasteiger partial charge in [-0.05, 0) is 6.07 Å². The number of hydrogen-bond acceptors (Lipinski definition) is 4. The summed E-state index contributed by atoms with van der Waals surface area (Å²) in [5.41, 5.74) is 0.558. The topological polar surface area (TPSA) is 44.8 Å². The Morgan fingerprint density at radius 3 is 2.50 bits per heavy atom. The van der Waals surface area contributed by atoms with Crippen LogP contribution in [0.2, 0.25) is 0 Å². The number of ketones is 1. The number of carbonyl (C=O) groups is 1. The Morgan fingerprint density at radius 1 is 1.21 bits per heavy atom. The first-order valence-corrected chi connectivity index (χ1v) is 4.18. The minimum atomic E-state index is -0.0269. The highest BCUT2D eigenvalue weighted by Gasteiger charge is 2.23. The monoisotopic (exact) mass is 194 g/mol. The van der Waals surface area contributed by atoms with E-state index in [1.54, 1.807) is 19.2 Å². The van der Waals surface area contributed by atoms with Crippen molar-refractivity contribution in [3.8, 4) is 17.2 Å². The van der Waals surface area contributed by atoms with Crippen LogP contribution >= 0.6 is 0 Å². The molecule has 0 spiro atoms. The molecule has 0 radical (unpaired) electrons. The zero-order valence-electron chi connectivity index (χ0n) is 7.99. The molecule has 0 bridgehead atoms. The number of rotatable bonds is 2. The summed E-state index contributed by atoms with van der Waals surface area (Å²) in [4.78, 5) is 11.3. The fraction of sp³-hybridized carbons (Fsp3) is 0.300. The van der Waals surface area contributed by atoms with Gasteiger partial charge in [0.05, 0.1) is 19.8 Å². The molecule has 0 atom stereocenters. The largest absolute Gasteiger partial charge is 0.493 e. The predicted molar refractivity (Wildman–Crippen MR) is 49.4 cm³/mol. The first-order valence-electron chi connectivity index (χ1n) is 4.18. The molecule has 1 heterocycles. The lowest BCUT2D eigenvalue weighted by Gasteiger charge is -2.08. The SMILES string of the molecule is COc1cc2c(cc1OC)C(=O)CO2. The highest BCUT2D eigenvalue weighted by atomic mass is 16.5. The molecule has 4 nitrogen and oxygen atoms in total. The first-order chi connectivity index (χ1) is 6.76. The number of Topliss-reactive ketones (excluding diaryl/α,β-unsaturated/α-hetero) is 1. The smallest absolute Gasteiger partial charge is 0.204 e. The van der Waals surface area contributed by atoms with Gasteiger partial charge in [-0.25, -0.2) is 0 Å². The Balaban J connectivity index is 2.54. The summed E-state index contributed by atoms with van der Waals surface area (Å²) < 4.78 is 15.3. The Labute approximate surface area is 81.4 Å². The van der Waals surface area contributed by atoms with Gasteiger partial charge in [-0.15, -0.1) is 0 Å². The molecule has 2 rings (SSSR count). The standard InChI is InChI=1S/C10H10O4/c1-12-9-3-6-7(11)5-14-8(6)4-10(9)13-2/h3-4H,5H2,1-2H3. The number of methoxy groups -OCH3 is 2. The molecule has 0 N–H and O–H groups in total. The average molecular weight is 194 g/mol. The van der Waals surface area contributed by atoms with E-state index in [-0.39, 0.29) is 12.4 Å². The summed E-state index contributed by atoms with van der Waals surface area (Å²) in [5.74, 6) is 1.65. The van der Waals surface area contributed by atoms with Crippen LogP contribution in [0.3, 0.4) is 0 Å². The minimum Gasteiger partial charge on any atom is -0.493 e. The molecule has 0 unspecified atom stereocenters. The Bertz CT molecular complexity index is 384. The van der Waals surface area contributed by atoms with Crippen LogP contribution in [-0.4, -0.2) is 26.6 Å². The Hall–Kier alpha value is -1.71. The molecule has 0 saturated carbocycles. The number of benzene rings is 1. The summed E-state index contributed by atoms with van der Waals surface area (Å²) in [6, 6.07) is 3.31. The van der Waals surface area contributed by atoms with E-state index in [2.05, 4.69) is 0 Å². The van der Waals surface area contributed by atoms with Crippen LogP contribution in [0.4, 0.5) is 0 Å². The van der Waals surface area contributed by atoms with Crippen LogP contribution in [0.1, 0.15) is 10.4 Å². The summed E-state index contributed by atoms with van der Waals surface area (Å²) in [6.07, 6.45) is 0. The van der Waals surface area contributed by atoms with Crippen molar-refractivity contribution in [2.45, 2.75) is 0 Å². The fourth-order valence-electron chi connectivity index (χ4n) is 1.42. The molecule has 1 aromatic rings. The third-order valence-electron chi connectivity index (χ3n) is 2.14. The van der Waals surface area contributed by atoms with Crippen LogP contribution < -0.4 is 14.2 Å². The van der Waals surface area contributed by atoms with Gasteiger partial charge < -0.3 is 14.2 Å². The molecule has 4 heteroatoms. The summed E-state index contributed by atoms with van der Waals surface area (Å²) in [5, 5.41) is 0. The van der Waals surface area contributed by atoms with Crippen molar-refractivity contribution < 1.29 is 19.0 Å². The van der Waals surface area contributed by atoms with E-state index in [9.17, 15) is 4.79 Å². The maximum atomic E-state index is 11.3. The van der Waals surface area contributed by atoms with Crippen molar-refractivity contribution in [2.75, 3.05) is 20.8 Å². The van der Waals surface area contributed by atoms with E-state index in [0.717, 1.165) is 0 Å². The zero-order chi connectivity index (χ0) is 10.1. The average Bonchev–Trinajstić information content (AvgIpc) is 2.58. The highest BCUT2D eigenvalue weighted by Crippen LogP contribution is 2.37. The van der Waals surface area contributed by atoms with Crippen LogP contribution in [0.25, 0.3) is 0 Å². The number of hydrogen-bond donors (Lipinski definition) is 0. The van der Waals surface area contributed by atoms with E-state index in [1.807, 2.05) is 0 Å². The lowest BCUT2D eigenvalue weighted by atomic mass is 10.1. The van der Waals surface area contributed by atoms with Gasteiger partial charge in [0.2, 0.25) is 5.78 Å². The van der Waals surface area contributed by atoms with E-state index < -0.39 is 0 Å². The van der Waals surface area contributed by atoms with Gasteiger partial charge in [-0.3, -0.25) is 4.79 Å². The van der Waals surface area contributed by atoms with Crippen molar-refractivity contribution in [3.05, 3.63) is 17.7 Å². The predicted octanol–water partition coefficient (Wildman–Crippen LogP) is 1.28. The molecule has 0 amide bonds. The lowest BCUT2D eigenvalue weighted by Crippen LogP contribution is -1.99. The van der Waals surface area contributed by atoms with Crippen molar-refractivity contribution in [2.24, 2.45) is 0 Å². The van der Waals surface area contributed by atoms with Crippen LogP contribution in [0.15, 0.2) is 12.1 Å². The van der Waals surface area contributed by atoms with Gasteiger partial charge in [0.1, 0.15) is 5.75 Å². The quantitative estimate of drug-likeness (QED) is 0.711. The van der Waals surface area contributed by atoms with Crippen molar-refractivity contribution in [1.29, 1.82) is 0 Å².